The minimum absolute atomic E-state index is 0.0265. The summed E-state index contributed by atoms with van der Waals surface area (Å²) in [5.41, 5.74) is 3.26. The maximum Gasteiger partial charge on any atom is 0.411 e. The van der Waals surface area contributed by atoms with E-state index in [9.17, 15) is 28.8 Å². The van der Waals surface area contributed by atoms with Gasteiger partial charge in [0.1, 0.15) is 31.9 Å². The zero-order chi connectivity index (χ0) is 51.2. The molecule has 20 heteroatoms. The zero-order valence-corrected chi connectivity index (χ0v) is 43.6. The Kier molecular flexibility index (Phi) is 19.9. The lowest BCUT2D eigenvalue weighted by Gasteiger charge is -2.38. The van der Waals surface area contributed by atoms with E-state index in [0.717, 1.165) is 5.57 Å². The molecule has 1 saturated heterocycles. The molecule has 0 spiro atoms. The highest BCUT2D eigenvalue weighted by Crippen LogP contribution is 2.39. The molecule has 2 aromatic carbocycles. The lowest BCUT2D eigenvalue weighted by molar-refractivity contribution is -0.128. The molecule has 0 saturated carbocycles. The molecule has 4 N–H and O–H groups in total. The number of nitrogens with one attached hydrogen (secondary N) is 4. The first kappa shape index (κ1) is 55.3. The quantitative estimate of drug-likeness (QED) is 0.0260. The molecule has 1 aromatic heterocycles. The maximum atomic E-state index is 14.6. The number of alkyl carbamates (subject to hydrolysis) is 1. The Hall–Kier alpha value is -6.25. The second-order valence-electron chi connectivity index (χ2n) is 18.3. The highest BCUT2D eigenvalue weighted by molar-refractivity contribution is 9.08. The predicted molar refractivity (Wildman–Crippen MR) is 267 cm³/mol. The minimum atomic E-state index is -2.18. The van der Waals surface area contributed by atoms with Gasteiger partial charge in [-0.1, -0.05) is 87.5 Å². The number of likely N-dealkylation sites (tertiary alicyclic amines) is 1. The summed E-state index contributed by atoms with van der Waals surface area (Å²) in [6.45, 7) is 23.7. The normalized spacial score (nSPS) is 14.5. The smallest absolute Gasteiger partial charge is 0.411 e. The van der Waals surface area contributed by atoms with Gasteiger partial charge in [-0.15, -0.1) is 0 Å². The summed E-state index contributed by atoms with van der Waals surface area (Å²) >= 11 is 3.38. The van der Waals surface area contributed by atoms with Gasteiger partial charge >= 0.3 is 18.2 Å². The SMILES string of the molecule is C=CCOC(=O)N[C@H](C(=O)N[C@@H](C)C(=O)Nc1ccc(COC(=O)Nc2cc(OCc3cc(C(=O)OC)cc(CBr)n3)c(OC)cc2C(=O)N2CC(=C)C[C@H]2CO[Si](C)(C)C(C)(C)C)cc1)C(C)C. The van der Waals surface area contributed by atoms with Crippen molar-refractivity contribution in [1.29, 1.82) is 0 Å². The second kappa shape index (κ2) is 24.9. The van der Waals surface area contributed by atoms with Crippen LogP contribution in [0.25, 0.3) is 0 Å². The van der Waals surface area contributed by atoms with Crippen molar-refractivity contribution < 1.29 is 56.9 Å². The van der Waals surface area contributed by atoms with Crippen molar-refractivity contribution >= 4 is 71.5 Å². The number of halogens is 1. The fourth-order valence-corrected chi connectivity index (χ4v) is 8.00. The van der Waals surface area contributed by atoms with Crippen molar-refractivity contribution in [2.45, 2.75) is 103 Å². The molecule has 0 unspecified atom stereocenters. The van der Waals surface area contributed by atoms with Gasteiger partial charge in [-0.2, -0.15) is 0 Å². The van der Waals surface area contributed by atoms with Crippen molar-refractivity contribution in [3.8, 4) is 11.5 Å². The Labute approximate surface area is 413 Å². The number of ether oxygens (including phenoxy) is 5. The zero-order valence-electron chi connectivity index (χ0n) is 41.0. The molecule has 3 atom stereocenters. The number of rotatable bonds is 21. The van der Waals surface area contributed by atoms with Crippen LogP contribution in [0.1, 0.15) is 85.6 Å². The van der Waals surface area contributed by atoms with Crippen molar-refractivity contribution in [3.63, 3.8) is 0 Å². The molecule has 0 bridgehead atoms. The van der Waals surface area contributed by atoms with Crippen LogP contribution in [-0.2, 0) is 46.8 Å². The topological polar surface area (TPSA) is 222 Å². The van der Waals surface area contributed by atoms with E-state index in [4.69, 9.17) is 28.1 Å². The lowest BCUT2D eigenvalue weighted by atomic mass is 10.0. The largest absolute Gasteiger partial charge is 0.493 e. The molecule has 5 amide bonds. The molecule has 69 heavy (non-hydrogen) atoms. The van der Waals surface area contributed by atoms with Gasteiger partial charge in [-0.25, -0.2) is 14.4 Å². The third kappa shape index (κ3) is 15.6. The number of nitrogens with zero attached hydrogens (tertiary/aromatic N) is 2. The van der Waals surface area contributed by atoms with E-state index in [-0.39, 0.29) is 71.7 Å². The van der Waals surface area contributed by atoms with Crippen LogP contribution in [0, 0.1) is 5.92 Å². The van der Waals surface area contributed by atoms with E-state index in [0.29, 0.717) is 41.0 Å². The van der Waals surface area contributed by atoms with Crippen molar-refractivity contribution in [2.75, 3.05) is 44.6 Å². The highest BCUT2D eigenvalue weighted by Gasteiger charge is 2.40. The first-order valence-electron chi connectivity index (χ1n) is 22.3. The average molecular weight is 1040 g/mol. The fourth-order valence-electron chi connectivity index (χ4n) is 6.67. The van der Waals surface area contributed by atoms with Crippen molar-refractivity contribution in [1.82, 2.24) is 20.5 Å². The summed E-state index contributed by atoms with van der Waals surface area (Å²) in [6, 6.07) is 10.4. The van der Waals surface area contributed by atoms with E-state index in [1.165, 1.54) is 39.4 Å². The molecular formula is C49H65BrN6O12Si. The molecule has 18 nitrogen and oxygen atoms in total. The summed E-state index contributed by atoms with van der Waals surface area (Å²) in [7, 11) is 0.528. The monoisotopic (exact) mass is 1040 g/mol. The van der Waals surface area contributed by atoms with E-state index >= 15 is 0 Å². The molecule has 2 heterocycles. The standard InChI is InChI=1S/C49H65BrN6O12Si/c1-13-18-65-48(62)55-42(29(2)3)44(58)51-31(5)43(57)53-34-16-14-32(15-17-34)26-67-47(61)54-39-23-41(66-27-36-21-33(46(60)64-10)20-35(24-50)52-36)40(63-9)22-38(39)45(59)56-25-30(4)19-37(56)28-68-69(11,12)49(6,7)8/h13-17,20-23,29,31,37,42H,1,4,18-19,24-28H2,2-3,5-12H3,(H,51,58)(H,53,57)(H,54,61)(H,55,62)/t31-,37-,42-/m0/s1. The van der Waals surface area contributed by atoms with Gasteiger partial charge in [0.05, 0.1) is 55.1 Å². The Balaban J connectivity index is 1.52. The first-order chi connectivity index (χ1) is 32.5. The van der Waals surface area contributed by atoms with Crippen molar-refractivity contribution in [2.24, 2.45) is 5.92 Å². The van der Waals surface area contributed by atoms with Crippen LogP contribution in [0.3, 0.4) is 0 Å². The number of alkyl halides is 1. The van der Waals surface area contributed by atoms with Crippen LogP contribution < -0.4 is 30.7 Å². The Bertz CT molecular complexity index is 2370. The van der Waals surface area contributed by atoms with Gasteiger partial charge in [-0.3, -0.25) is 24.7 Å². The second-order valence-corrected chi connectivity index (χ2v) is 23.7. The van der Waals surface area contributed by atoms with Gasteiger partial charge in [-0.05, 0) is 73.3 Å². The van der Waals surface area contributed by atoms with Crippen LogP contribution in [0.5, 0.6) is 11.5 Å². The molecule has 3 aromatic rings. The van der Waals surface area contributed by atoms with Crippen LogP contribution in [0.15, 0.2) is 73.3 Å². The summed E-state index contributed by atoms with van der Waals surface area (Å²) < 4.78 is 33.9. The summed E-state index contributed by atoms with van der Waals surface area (Å²) in [5.74, 6) is -1.98. The maximum absolute atomic E-state index is 14.6. The molecule has 0 radical (unpaired) electrons. The van der Waals surface area contributed by atoms with Crippen LogP contribution in [0.2, 0.25) is 18.1 Å². The van der Waals surface area contributed by atoms with E-state index < -0.39 is 56.3 Å². The van der Waals surface area contributed by atoms with Crippen molar-refractivity contribution in [3.05, 3.63) is 101 Å². The molecule has 0 aliphatic carbocycles. The highest BCUT2D eigenvalue weighted by atomic mass is 79.9. The number of aromatic nitrogens is 1. The third-order valence-corrected chi connectivity index (χ3v) is 16.7. The third-order valence-electron chi connectivity index (χ3n) is 11.6. The van der Waals surface area contributed by atoms with Gasteiger partial charge < -0.3 is 49.0 Å². The van der Waals surface area contributed by atoms with Crippen LogP contribution in [0.4, 0.5) is 21.0 Å². The molecule has 1 aliphatic heterocycles. The van der Waals surface area contributed by atoms with Gasteiger partial charge in [0.15, 0.2) is 19.8 Å². The van der Waals surface area contributed by atoms with Crippen LogP contribution >= 0.6 is 15.9 Å². The van der Waals surface area contributed by atoms with E-state index in [1.807, 2.05) is 0 Å². The number of benzene rings is 2. The fraction of sp³-hybridized carbons (Fsp3) is 0.449. The predicted octanol–water partition coefficient (Wildman–Crippen LogP) is 8.27. The lowest BCUT2D eigenvalue weighted by Crippen LogP contribution is -2.53. The Morgan fingerprint density at radius 3 is 2.19 bits per heavy atom. The molecular weight excluding hydrogens is 973 g/mol. The summed E-state index contributed by atoms with van der Waals surface area (Å²) in [6.07, 6.45) is 0.269. The number of hydrogen-bond acceptors (Lipinski definition) is 13. The van der Waals surface area contributed by atoms with E-state index in [1.54, 1.807) is 55.1 Å². The number of carbonyl (C=O) groups excluding carboxylic acids is 6. The number of carbonyl (C=O) groups is 6. The first-order valence-corrected chi connectivity index (χ1v) is 26.3. The molecule has 1 fully saturated rings. The number of pyridine rings is 1. The summed E-state index contributed by atoms with van der Waals surface area (Å²) in [4.78, 5) is 84.9. The number of hydrogen-bond donors (Lipinski definition) is 4. The molecule has 4 rings (SSSR count). The Morgan fingerprint density at radius 2 is 1.58 bits per heavy atom. The number of methoxy groups -OCH3 is 2. The molecule has 374 valence electrons. The van der Waals surface area contributed by atoms with Gasteiger partial charge in [0.25, 0.3) is 5.91 Å². The summed E-state index contributed by atoms with van der Waals surface area (Å²) in [5, 5.41) is 10.9. The Morgan fingerprint density at radius 1 is 0.899 bits per heavy atom. The van der Waals surface area contributed by atoms with E-state index in [2.05, 4.69) is 89.2 Å². The van der Waals surface area contributed by atoms with Crippen LogP contribution in [-0.4, -0.2) is 106 Å². The minimum Gasteiger partial charge on any atom is -0.493 e. The number of esters is 1. The average Bonchev–Trinajstić information content (AvgIpc) is 3.69. The number of anilines is 2. The number of amides is 5. The van der Waals surface area contributed by atoms with Gasteiger partial charge in [0, 0.05) is 23.6 Å². The van der Waals surface area contributed by atoms with Gasteiger partial charge in [0.2, 0.25) is 11.8 Å². The molecule has 1 aliphatic rings.